The van der Waals surface area contributed by atoms with Crippen molar-refractivity contribution >= 4 is 23.4 Å². The minimum atomic E-state index is -0.375. The fourth-order valence-corrected chi connectivity index (χ4v) is 4.24. The Balaban J connectivity index is 1.82. The number of nitro groups is 1. The Morgan fingerprint density at radius 3 is 2.45 bits per heavy atom. The molecule has 0 bridgehead atoms. The molecule has 0 aliphatic heterocycles. The van der Waals surface area contributed by atoms with Crippen LogP contribution in [0, 0.1) is 16.0 Å². The Kier molecular flexibility index (Phi) is 7.41. The summed E-state index contributed by atoms with van der Waals surface area (Å²) < 4.78 is 1.95. The van der Waals surface area contributed by atoms with Crippen LogP contribution in [0.3, 0.4) is 0 Å². The molecule has 162 valence electrons. The van der Waals surface area contributed by atoms with Gasteiger partial charge in [0.1, 0.15) is 0 Å². The molecule has 9 heteroatoms. The molecule has 2 aromatic carbocycles. The summed E-state index contributed by atoms with van der Waals surface area (Å²) in [6.07, 6.45) is 0. The van der Waals surface area contributed by atoms with Gasteiger partial charge in [0.25, 0.3) is 11.6 Å². The van der Waals surface area contributed by atoms with Crippen LogP contribution in [-0.2, 0) is 12.3 Å². The molecule has 0 radical (unpaired) electrons. The van der Waals surface area contributed by atoms with E-state index in [0.717, 1.165) is 0 Å². The van der Waals surface area contributed by atoms with Gasteiger partial charge in [-0.3, -0.25) is 14.9 Å². The highest BCUT2D eigenvalue weighted by molar-refractivity contribution is 7.98. The molecule has 1 aromatic heterocycles. The molecule has 3 aromatic rings. The molecule has 0 fully saturated rings. The first-order chi connectivity index (χ1) is 14.9. The normalized spacial score (nSPS) is 12.0. The first kappa shape index (κ1) is 22.5. The van der Waals surface area contributed by atoms with Gasteiger partial charge in [-0.2, -0.15) is 0 Å². The van der Waals surface area contributed by atoms with Crippen LogP contribution in [0.4, 0.5) is 5.69 Å². The highest BCUT2D eigenvalue weighted by atomic mass is 32.2. The van der Waals surface area contributed by atoms with E-state index in [4.69, 9.17) is 0 Å². The SMILES string of the molecule is CCn1c(SCc2ccccc2[N+](=O)[O-])nnc1[C@@H](NC(=O)c1ccccc1)C(C)C. The van der Waals surface area contributed by atoms with Crippen molar-refractivity contribution in [3.05, 3.63) is 81.7 Å². The lowest BCUT2D eigenvalue weighted by molar-refractivity contribution is -0.385. The monoisotopic (exact) mass is 439 g/mol. The van der Waals surface area contributed by atoms with Gasteiger partial charge in [-0.05, 0) is 25.0 Å². The minimum Gasteiger partial charge on any atom is -0.342 e. The third-order valence-corrected chi connectivity index (χ3v) is 5.89. The second-order valence-electron chi connectivity index (χ2n) is 7.32. The molecule has 1 amide bonds. The Bertz CT molecular complexity index is 1050. The Morgan fingerprint density at radius 2 is 1.81 bits per heavy atom. The number of hydrogen-bond donors (Lipinski definition) is 1. The van der Waals surface area contributed by atoms with Gasteiger partial charge in [-0.25, -0.2) is 0 Å². The molecule has 31 heavy (non-hydrogen) atoms. The van der Waals surface area contributed by atoms with Gasteiger partial charge >= 0.3 is 0 Å². The summed E-state index contributed by atoms with van der Waals surface area (Å²) in [7, 11) is 0. The van der Waals surface area contributed by atoms with Gasteiger partial charge in [-0.15, -0.1) is 10.2 Å². The predicted octanol–water partition coefficient (Wildman–Crippen LogP) is 4.63. The van der Waals surface area contributed by atoms with Crippen molar-refractivity contribution in [2.75, 3.05) is 0 Å². The number of carbonyl (C=O) groups excluding carboxylic acids is 1. The van der Waals surface area contributed by atoms with Gasteiger partial charge in [-0.1, -0.05) is 62.0 Å². The van der Waals surface area contributed by atoms with Gasteiger partial charge < -0.3 is 9.88 Å². The number of nitrogens with one attached hydrogen (secondary N) is 1. The van der Waals surface area contributed by atoms with Crippen molar-refractivity contribution in [2.24, 2.45) is 5.92 Å². The Hall–Kier alpha value is -3.20. The summed E-state index contributed by atoms with van der Waals surface area (Å²) in [5.41, 5.74) is 1.30. The van der Waals surface area contributed by atoms with Crippen LogP contribution in [0.1, 0.15) is 48.6 Å². The van der Waals surface area contributed by atoms with Gasteiger partial charge in [0.15, 0.2) is 11.0 Å². The zero-order chi connectivity index (χ0) is 22.4. The van der Waals surface area contributed by atoms with E-state index >= 15 is 0 Å². The molecular weight excluding hydrogens is 414 g/mol. The molecule has 1 atom stereocenters. The van der Waals surface area contributed by atoms with Crippen LogP contribution in [0.5, 0.6) is 0 Å². The molecule has 0 aliphatic carbocycles. The van der Waals surface area contributed by atoms with Gasteiger partial charge in [0.05, 0.1) is 11.0 Å². The van der Waals surface area contributed by atoms with Crippen molar-refractivity contribution < 1.29 is 9.72 Å². The van der Waals surface area contributed by atoms with Crippen LogP contribution in [-0.4, -0.2) is 25.6 Å². The lowest BCUT2D eigenvalue weighted by Crippen LogP contribution is -2.33. The fraction of sp³-hybridized carbons (Fsp3) is 0.318. The zero-order valence-electron chi connectivity index (χ0n) is 17.7. The van der Waals surface area contributed by atoms with Crippen molar-refractivity contribution in [1.82, 2.24) is 20.1 Å². The lowest BCUT2D eigenvalue weighted by Gasteiger charge is -2.22. The van der Waals surface area contributed by atoms with Crippen LogP contribution in [0.2, 0.25) is 0 Å². The van der Waals surface area contributed by atoms with E-state index in [1.54, 1.807) is 30.3 Å². The maximum absolute atomic E-state index is 12.7. The number of hydrogen-bond acceptors (Lipinski definition) is 6. The van der Waals surface area contributed by atoms with Crippen LogP contribution < -0.4 is 5.32 Å². The van der Waals surface area contributed by atoms with E-state index in [9.17, 15) is 14.9 Å². The van der Waals surface area contributed by atoms with E-state index in [1.165, 1.54) is 17.8 Å². The molecule has 0 saturated heterocycles. The molecule has 3 rings (SSSR count). The topological polar surface area (TPSA) is 103 Å². The fourth-order valence-electron chi connectivity index (χ4n) is 3.23. The third-order valence-electron chi connectivity index (χ3n) is 4.87. The summed E-state index contributed by atoms with van der Waals surface area (Å²) in [5.74, 6) is 0.999. The predicted molar refractivity (Wildman–Crippen MR) is 120 cm³/mol. The number of amides is 1. The molecule has 1 N–H and O–H groups in total. The highest BCUT2D eigenvalue weighted by Crippen LogP contribution is 2.29. The van der Waals surface area contributed by atoms with Crippen LogP contribution in [0.25, 0.3) is 0 Å². The first-order valence-corrected chi connectivity index (χ1v) is 11.0. The van der Waals surface area contributed by atoms with E-state index in [0.29, 0.717) is 34.4 Å². The van der Waals surface area contributed by atoms with Gasteiger partial charge in [0.2, 0.25) is 0 Å². The molecular formula is C22H25N5O3S. The van der Waals surface area contributed by atoms with E-state index < -0.39 is 0 Å². The second kappa shape index (κ2) is 10.2. The smallest absolute Gasteiger partial charge is 0.273 e. The highest BCUT2D eigenvalue weighted by Gasteiger charge is 2.26. The molecule has 0 spiro atoms. The number of carbonyl (C=O) groups is 1. The largest absolute Gasteiger partial charge is 0.342 e. The number of aromatic nitrogens is 3. The first-order valence-electron chi connectivity index (χ1n) is 10.1. The quantitative estimate of drug-likeness (QED) is 0.296. The minimum absolute atomic E-state index is 0.0907. The number of nitrogens with zero attached hydrogens (tertiary/aromatic N) is 4. The number of benzene rings is 2. The summed E-state index contributed by atoms with van der Waals surface area (Å²) >= 11 is 1.39. The zero-order valence-corrected chi connectivity index (χ0v) is 18.5. The number of thioether (sulfide) groups is 1. The van der Waals surface area contributed by atoms with Crippen molar-refractivity contribution in [3.63, 3.8) is 0 Å². The van der Waals surface area contributed by atoms with Crippen molar-refractivity contribution in [2.45, 2.75) is 44.3 Å². The summed E-state index contributed by atoms with van der Waals surface area (Å²) in [4.78, 5) is 23.6. The molecule has 0 aliphatic rings. The standard InChI is InChI=1S/C22H25N5O3S/c1-4-26-20(19(15(2)3)23-21(28)16-10-6-5-7-11-16)24-25-22(26)31-14-17-12-8-9-13-18(17)27(29)30/h5-13,15,19H,4,14H2,1-3H3,(H,23,28)/t19-/m0/s1. The number of nitro benzene ring substituents is 1. The van der Waals surface area contributed by atoms with Crippen molar-refractivity contribution in [3.8, 4) is 0 Å². The summed E-state index contributed by atoms with van der Waals surface area (Å²) in [5, 5.41) is 23.7. The summed E-state index contributed by atoms with van der Waals surface area (Å²) in [6, 6.07) is 15.4. The Labute approximate surface area is 185 Å². The van der Waals surface area contributed by atoms with Crippen LogP contribution >= 0.6 is 11.8 Å². The van der Waals surface area contributed by atoms with Gasteiger partial charge in [0, 0.05) is 29.5 Å². The average molecular weight is 440 g/mol. The molecule has 0 saturated carbocycles. The third kappa shape index (κ3) is 5.29. The lowest BCUT2D eigenvalue weighted by atomic mass is 10.0. The number of rotatable bonds is 9. The second-order valence-corrected chi connectivity index (χ2v) is 8.26. The molecule has 8 nitrogen and oxygen atoms in total. The maximum atomic E-state index is 12.7. The summed E-state index contributed by atoms with van der Waals surface area (Å²) in [6.45, 7) is 6.64. The average Bonchev–Trinajstić information content (AvgIpc) is 3.18. The maximum Gasteiger partial charge on any atom is 0.273 e. The number of para-hydroxylation sites is 1. The van der Waals surface area contributed by atoms with Crippen molar-refractivity contribution in [1.29, 1.82) is 0 Å². The molecule has 1 heterocycles. The van der Waals surface area contributed by atoms with E-state index in [2.05, 4.69) is 15.5 Å². The van der Waals surface area contributed by atoms with E-state index in [-0.39, 0.29) is 28.5 Å². The Morgan fingerprint density at radius 1 is 1.13 bits per heavy atom. The van der Waals surface area contributed by atoms with E-state index in [1.807, 2.05) is 43.5 Å². The van der Waals surface area contributed by atoms with Crippen LogP contribution in [0.15, 0.2) is 59.8 Å². The molecule has 0 unspecified atom stereocenters.